The Bertz CT molecular complexity index is 1250. The van der Waals surface area contributed by atoms with Crippen molar-refractivity contribution in [2.75, 3.05) is 5.32 Å². The molecule has 33 heavy (non-hydrogen) atoms. The molecule has 168 valence electrons. The minimum absolute atomic E-state index is 0.0663. The number of rotatable bonds is 8. The van der Waals surface area contributed by atoms with Crippen LogP contribution >= 0.6 is 22.9 Å². The van der Waals surface area contributed by atoms with E-state index in [1.807, 2.05) is 12.1 Å². The van der Waals surface area contributed by atoms with E-state index in [4.69, 9.17) is 16.3 Å². The Morgan fingerprint density at radius 3 is 2.64 bits per heavy atom. The normalized spacial score (nSPS) is 10.8. The molecule has 0 saturated heterocycles. The number of benzene rings is 2. The molecule has 11 heteroatoms. The van der Waals surface area contributed by atoms with E-state index in [1.54, 1.807) is 30.3 Å². The number of halogens is 3. The van der Waals surface area contributed by atoms with Gasteiger partial charge in [-0.25, -0.2) is 0 Å². The molecule has 1 N–H and O–H groups in total. The highest BCUT2D eigenvalue weighted by molar-refractivity contribution is 7.17. The highest BCUT2D eigenvalue weighted by Gasteiger charge is 2.19. The average molecular weight is 489 g/mol. The first-order chi connectivity index (χ1) is 16.0. The van der Waals surface area contributed by atoms with Crippen LogP contribution in [0.25, 0.3) is 11.1 Å². The molecule has 0 aliphatic heterocycles. The van der Waals surface area contributed by atoms with Crippen LogP contribution in [-0.2, 0) is 6.61 Å². The maximum atomic E-state index is 12.9. The van der Waals surface area contributed by atoms with Gasteiger partial charge < -0.3 is 9.47 Å². The molecule has 0 spiro atoms. The first kappa shape index (κ1) is 22.6. The van der Waals surface area contributed by atoms with Gasteiger partial charge in [-0.2, -0.15) is 8.78 Å². The fraction of sp³-hybridized carbons (Fsp3) is 0.0909. The molecule has 1 amide bonds. The van der Waals surface area contributed by atoms with E-state index in [-0.39, 0.29) is 28.2 Å². The van der Waals surface area contributed by atoms with Gasteiger partial charge in [0.1, 0.15) is 12.4 Å². The van der Waals surface area contributed by atoms with Crippen LogP contribution in [0.2, 0.25) is 5.02 Å². The number of pyridine rings is 1. The largest absolute Gasteiger partial charge is 0.464 e. The summed E-state index contributed by atoms with van der Waals surface area (Å²) in [5.74, 6) is -0.581. The second-order valence-electron chi connectivity index (χ2n) is 6.54. The van der Waals surface area contributed by atoms with Crippen molar-refractivity contribution in [3.8, 4) is 22.1 Å². The number of nitrogens with zero attached hydrogens (tertiary/aromatic N) is 3. The molecule has 4 rings (SSSR count). The van der Waals surface area contributed by atoms with E-state index >= 15 is 0 Å². The summed E-state index contributed by atoms with van der Waals surface area (Å²) < 4.78 is 35.8. The summed E-state index contributed by atoms with van der Waals surface area (Å²) in [6.45, 7) is -2.75. The average Bonchev–Trinajstić information content (AvgIpc) is 3.26. The molecule has 0 atom stereocenters. The summed E-state index contributed by atoms with van der Waals surface area (Å²) in [6, 6.07) is 14.8. The predicted molar refractivity (Wildman–Crippen MR) is 120 cm³/mol. The van der Waals surface area contributed by atoms with Crippen molar-refractivity contribution in [3.05, 3.63) is 83.1 Å². The third-order valence-electron chi connectivity index (χ3n) is 4.36. The molecular formula is C22H15ClF2N4O3S. The predicted octanol–water partition coefficient (Wildman–Crippen LogP) is 5.69. The molecule has 7 nitrogen and oxygen atoms in total. The van der Waals surface area contributed by atoms with Crippen molar-refractivity contribution in [1.29, 1.82) is 0 Å². The Kier molecular flexibility index (Phi) is 7.06. The zero-order valence-electron chi connectivity index (χ0n) is 16.7. The Hall–Kier alpha value is -3.63. The van der Waals surface area contributed by atoms with Crippen LogP contribution < -0.4 is 14.8 Å². The van der Waals surface area contributed by atoms with Crippen LogP contribution in [0.3, 0.4) is 0 Å². The molecule has 2 aromatic heterocycles. The van der Waals surface area contributed by atoms with Gasteiger partial charge in [-0.05, 0) is 41.2 Å². The molecule has 0 aliphatic carbocycles. The third-order valence-corrected chi connectivity index (χ3v) is 5.36. The number of amides is 1. The molecule has 0 unspecified atom stereocenters. The summed E-state index contributed by atoms with van der Waals surface area (Å²) in [4.78, 5) is 16.9. The monoisotopic (exact) mass is 488 g/mol. The maximum absolute atomic E-state index is 12.9. The van der Waals surface area contributed by atoms with Gasteiger partial charge >= 0.3 is 6.61 Å². The summed E-state index contributed by atoms with van der Waals surface area (Å²) in [6.07, 6.45) is 2.83. The van der Waals surface area contributed by atoms with Crippen molar-refractivity contribution < 1.29 is 23.0 Å². The molecular weight excluding hydrogens is 474 g/mol. The number of hydrogen-bond donors (Lipinski definition) is 1. The van der Waals surface area contributed by atoms with Gasteiger partial charge in [0.15, 0.2) is 0 Å². The molecule has 0 saturated carbocycles. The first-order valence-corrected chi connectivity index (χ1v) is 10.7. The van der Waals surface area contributed by atoms with Gasteiger partial charge in [-0.15, -0.1) is 5.10 Å². The van der Waals surface area contributed by atoms with Crippen LogP contribution in [0.15, 0.2) is 67.0 Å². The zero-order valence-corrected chi connectivity index (χ0v) is 18.3. The second kappa shape index (κ2) is 10.3. The maximum Gasteiger partial charge on any atom is 0.387 e. The third kappa shape index (κ3) is 5.79. The van der Waals surface area contributed by atoms with Gasteiger partial charge in [-0.3, -0.25) is 15.1 Å². The first-order valence-electron chi connectivity index (χ1n) is 9.50. The van der Waals surface area contributed by atoms with Crippen LogP contribution in [0.1, 0.15) is 15.9 Å². The topological polar surface area (TPSA) is 86.2 Å². The van der Waals surface area contributed by atoms with E-state index in [0.29, 0.717) is 16.1 Å². The molecule has 0 aliphatic rings. The van der Waals surface area contributed by atoms with Crippen molar-refractivity contribution in [1.82, 2.24) is 15.2 Å². The summed E-state index contributed by atoms with van der Waals surface area (Å²) in [5.41, 5.74) is 1.73. The molecule has 0 fully saturated rings. The fourth-order valence-corrected chi connectivity index (χ4v) is 3.62. The quantitative estimate of drug-likeness (QED) is 0.343. The van der Waals surface area contributed by atoms with Crippen LogP contribution in [0, 0.1) is 0 Å². The van der Waals surface area contributed by atoms with Gasteiger partial charge in [0.25, 0.3) is 11.1 Å². The molecule has 2 aromatic carbocycles. The molecule has 0 bridgehead atoms. The van der Waals surface area contributed by atoms with Crippen molar-refractivity contribution in [2.45, 2.75) is 13.2 Å². The summed E-state index contributed by atoms with van der Waals surface area (Å²) >= 11 is 6.92. The lowest BCUT2D eigenvalue weighted by molar-refractivity contribution is -0.0494. The number of ether oxygens (including phenoxy) is 2. The highest BCUT2D eigenvalue weighted by Crippen LogP contribution is 2.33. The van der Waals surface area contributed by atoms with Crippen LogP contribution in [0.4, 0.5) is 13.9 Å². The van der Waals surface area contributed by atoms with E-state index in [0.717, 1.165) is 16.9 Å². The number of anilines is 1. The fourth-order valence-electron chi connectivity index (χ4n) is 2.90. The van der Waals surface area contributed by atoms with E-state index in [1.165, 1.54) is 24.5 Å². The SMILES string of the molecule is O=C(Nc1nnc(OCc2ccc(Cl)cc2)s1)c1ccncc1-c1ccccc1OC(F)F. The van der Waals surface area contributed by atoms with Gasteiger partial charge in [0, 0.05) is 28.5 Å². The Labute approximate surface area is 196 Å². The van der Waals surface area contributed by atoms with Gasteiger partial charge in [-0.1, -0.05) is 47.0 Å². The number of carbonyl (C=O) groups excluding carboxylic acids is 1. The number of para-hydroxylation sites is 1. The Morgan fingerprint density at radius 1 is 1.06 bits per heavy atom. The van der Waals surface area contributed by atoms with E-state index < -0.39 is 12.5 Å². The minimum atomic E-state index is -3.01. The number of nitrogens with one attached hydrogen (secondary N) is 1. The molecule has 2 heterocycles. The minimum Gasteiger partial charge on any atom is -0.464 e. The van der Waals surface area contributed by atoms with Crippen LogP contribution in [0.5, 0.6) is 10.9 Å². The Balaban J connectivity index is 1.49. The van der Waals surface area contributed by atoms with Crippen molar-refractivity contribution in [2.24, 2.45) is 0 Å². The lowest BCUT2D eigenvalue weighted by Gasteiger charge is -2.13. The summed E-state index contributed by atoms with van der Waals surface area (Å²) in [7, 11) is 0. The van der Waals surface area contributed by atoms with E-state index in [2.05, 4.69) is 25.2 Å². The van der Waals surface area contributed by atoms with E-state index in [9.17, 15) is 13.6 Å². The van der Waals surface area contributed by atoms with Gasteiger partial charge in [0.2, 0.25) is 5.13 Å². The number of hydrogen-bond acceptors (Lipinski definition) is 7. The Morgan fingerprint density at radius 2 is 1.85 bits per heavy atom. The molecule has 4 aromatic rings. The standard InChI is InChI=1S/C22H15ClF2N4O3S/c23-14-7-5-13(6-8-14)12-31-22-29-28-21(33-22)27-19(30)16-9-10-26-11-17(16)15-3-1-2-4-18(15)32-20(24)25/h1-11,20H,12H2,(H,27,28,30). The number of alkyl halides is 2. The highest BCUT2D eigenvalue weighted by atomic mass is 35.5. The number of aromatic nitrogens is 3. The smallest absolute Gasteiger partial charge is 0.387 e. The second-order valence-corrected chi connectivity index (χ2v) is 7.91. The van der Waals surface area contributed by atoms with Crippen molar-refractivity contribution in [3.63, 3.8) is 0 Å². The summed E-state index contributed by atoms with van der Waals surface area (Å²) in [5, 5.41) is 11.6. The number of carbonyl (C=O) groups is 1. The van der Waals surface area contributed by atoms with Crippen molar-refractivity contribution >= 4 is 34.0 Å². The van der Waals surface area contributed by atoms with Gasteiger partial charge in [0.05, 0.1) is 5.56 Å². The lowest BCUT2D eigenvalue weighted by Crippen LogP contribution is -2.13. The lowest BCUT2D eigenvalue weighted by atomic mass is 10.0. The zero-order chi connectivity index (χ0) is 23.2. The molecule has 0 radical (unpaired) electrons. The van der Waals surface area contributed by atoms with Crippen LogP contribution in [-0.4, -0.2) is 27.7 Å².